The maximum atomic E-state index is 10.4. The number of quaternary nitrogens is 3. The van der Waals surface area contributed by atoms with Crippen LogP contribution in [0.1, 0.15) is 5.69 Å². The maximum Gasteiger partial charge on any atom is 0.152 e. The zero-order valence-corrected chi connectivity index (χ0v) is 14.7. The van der Waals surface area contributed by atoms with Gasteiger partial charge in [0.15, 0.2) is 6.10 Å². The number of morpholine rings is 1. The van der Waals surface area contributed by atoms with Crippen LogP contribution < -0.4 is 14.7 Å². The summed E-state index contributed by atoms with van der Waals surface area (Å²) in [4.78, 5) is 9.15. The fourth-order valence-electron chi connectivity index (χ4n) is 3.86. The maximum absolute atomic E-state index is 10.4. The quantitative estimate of drug-likeness (QED) is 0.407. The average molecular weight is 337 g/mol. The molecule has 24 heavy (non-hydrogen) atoms. The third-order valence-electron chi connectivity index (χ3n) is 5.37. The predicted molar refractivity (Wildman–Crippen MR) is 91.5 cm³/mol. The highest BCUT2D eigenvalue weighted by Crippen LogP contribution is 1.92. The molecule has 0 aliphatic carbocycles. The summed E-state index contributed by atoms with van der Waals surface area (Å²) in [6, 6.07) is 6.16. The number of nitrogens with zero attached hydrogens (tertiary/aromatic N) is 1. The smallest absolute Gasteiger partial charge is 0.152 e. The van der Waals surface area contributed by atoms with E-state index in [0.717, 1.165) is 45.8 Å². The number of hydrogen-bond donors (Lipinski definition) is 4. The molecule has 3 rings (SSSR count). The van der Waals surface area contributed by atoms with Crippen molar-refractivity contribution >= 4 is 0 Å². The first-order valence-corrected chi connectivity index (χ1v) is 9.46. The third kappa shape index (κ3) is 5.79. The number of aromatic nitrogens is 1. The van der Waals surface area contributed by atoms with Crippen molar-refractivity contribution in [1.82, 2.24) is 4.98 Å². The molecule has 6 heteroatoms. The van der Waals surface area contributed by atoms with E-state index in [9.17, 15) is 5.11 Å². The molecule has 1 atom stereocenters. The second-order valence-corrected chi connectivity index (χ2v) is 7.25. The highest BCUT2D eigenvalue weighted by atomic mass is 16.5. The van der Waals surface area contributed by atoms with Crippen molar-refractivity contribution in [3.63, 3.8) is 0 Å². The minimum atomic E-state index is -0.178. The molecule has 1 aromatic heterocycles. The molecule has 2 fully saturated rings. The van der Waals surface area contributed by atoms with E-state index in [2.05, 4.69) is 17.1 Å². The van der Waals surface area contributed by atoms with E-state index < -0.39 is 0 Å². The van der Waals surface area contributed by atoms with Gasteiger partial charge in [0.05, 0.1) is 19.8 Å². The van der Waals surface area contributed by atoms with Gasteiger partial charge in [-0.2, -0.15) is 0 Å². The topological polar surface area (TPSA) is 55.7 Å². The van der Waals surface area contributed by atoms with E-state index >= 15 is 0 Å². The van der Waals surface area contributed by atoms with Gasteiger partial charge in [-0.05, 0) is 12.1 Å². The molecule has 2 saturated heterocycles. The molecular formula is C18H33N4O2+3. The van der Waals surface area contributed by atoms with E-state index in [1.165, 1.54) is 43.3 Å². The predicted octanol–water partition coefficient (Wildman–Crippen LogP) is -4.32. The number of pyridine rings is 1. The van der Waals surface area contributed by atoms with E-state index in [1.807, 2.05) is 12.3 Å². The molecule has 0 amide bonds. The average Bonchev–Trinajstić information content (AvgIpc) is 2.63. The lowest BCUT2D eigenvalue weighted by atomic mass is 10.2. The first-order chi connectivity index (χ1) is 11.8. The first-order valence-electron chi connectivity index (χ1n) is 9.46. The van der Waals surface area contributed by atoms with E-state index in [-0.39, 0.29) is 6.10 Å². The molecular weight excluding hydrogens is 304 g/mol. The molecule has 3 heterocycles. The van der Waals surface area contributed by atoms with Gasteiger partial charge in [-0.15, -0.1) is 0 Å². The minimum Gasteiger partial charge on any atom is -0.382 e. The van der Waals surface area contributed by atoms with Crippen LogP contribution in [-0.4, -0.2) is 88.3 Å². The van der Waals surface area contributed by atoms with Crippen molar-refractivity contribution in [3.05, 3.63) is 30.1 Å². The molecule has 2 aliphatic rings. The summed E-state index contributed by atoms with van der Waals surface area (Å²) in [5.74, 6) is 0. The lowest BCUT2D eigenvalue weighted by molar-refractivity contribution is -1.01. The summed E-state index contributed by atoms with van der Waals surface area (Å²) in [5, 5.41) is 10.4. The zero-order valence-electron chi connectivity index (χ0n) is 14.7. The Labute approximate surface area is 145 Å². The number of ether oxygens (including phenoxy) is 1. The number of rotatable bonds is 7. The SMILES string of the molecule is O[C@H](C[NH+]1CCOCC1)C[NH+]1CC[NH+](CCc2ccccn2)CC1. The monoisotopic (exact) mass is 337 g/mol. The van der Waals surface area contributed by atoms with Crippen LogP contribution in [0.2, 0.25) is 0 Å². The lowest BCUT2D eigenvalue weighted by Gasteiger charge is -2.31. The fourth-order valence-corrected chi connectivity index (χ4v) is 3.86. The van der Waals surface area contributed by atoms with Crippen LogP contribution in [0.3, 0.4) is 0 Å². The van der Waals surface area contributed by atoms with Gasteiger partial charge in [-0.3, -0.25) is 4.98 Å². The van der Waals surface area contributed by atoms with Crippen molar-refractivity contribution in [3.8, 4) is 0 Å². The Bertz CT molecular complexity index is 459. The Balaban J connectivity index is 1.31. The number of aliphatic hydroxyl groups excluding tert-OH is 1. The standard InChI is InChI=1S/C18H30N4O2/c23-18(16-22-11-13-24-14-12-22)15-21-9-7-20(8-10-21)6-4-17-3-1-2-5-19-17/h1-3,5,18,23H,4,6-16H2/p+3/t18-/m0/s1. The molecule has 0 spiro atoms. The van der Waals surface area contributed by atoms with Gasteiger partial charge in [0.2, 0.25) is 0 Å². The largest absolute Gasteiger partial charge is 0.382 e. The number of aliphatic hydroxyl groups is 1. The summed E-state index contributed by atoms with van der Waals surface area (Å²) in [6.07, 6.45) is 2.77. The van der Waals surface area contributed by atoms with Gasteiger partial charge in [0.1, 0.15) is 52.4 Å². The summed E-state index contributed by atoms with van der Waals surface area (Å²) in [7, 11) is 0. The zero-order chi connectivity index (χ0) is 16.6. The highest BCUT2D eigenvalue weighted by Gasteiger charge is 2.27. The molecule has 0 aromatic carbocycles. The van der Waals surface area contributed by atoms with Crippen LogP contribution in [0.5, 0.6) is 0 Å². The van der Waals surface area contributed by atoms with Crippen LogP contribution in [0.15, 0.2) is 24.4 Å². The molecule has 0 saturated carbocycles. The van der Waals surface area contributed by atoms with Crippen LogP contribution in [0, 0.1) is 0 Å². The summed E-state index contributed by atoms with van der Waals surface area (Å²) in [5.41, 5.74) is 1.20. The highest BCUT2D eigenvalue weighted by molar-refractivity contribution is 5.03. The van der Waals surface area contributed by atoms with Gasteiger partial charge in [0.25, 0.3) is 0 Å². The second kappa shape index (κ2) is 9.44. The van der Waals surface area contributed by atoms with E-state index in [4.69, 9.17) is 4.74 Å². The Hall–Kier alpha value is -1.05. The van der Waals surface area contributed by atoms with Gasteiger partial charge in [-0.25, -0.2) is 0 Å². The molecule has 4 N–H and O–H groups in total. The normalized spacial score (nSPS) is 27.0. The van der Waals surface area contributed by atoms with Crippen molar-refractivity contribution < 1.29 is 24.5 Å². The molecule has 0 unspecified atom stereocenters. The third-order valence-corrected chi connectivity index (χ3v) is 5.37. The molecule has 134 valence electrons. The van der Waals surface area contributed by atoms with Crippen molar-refractivity contribution in [1.29, 1.82) is 0 Å². The summed E-state index contributed by atoms with van der Waals surface area (Å²) < 4.78 is 5.38. The summed E-state index contributed by atoms with van der Waals surface area (Å²) >= 11 is 0. The van der Waals surface area contributed by atoms with Crippen molar-refractivity contribution in [2.24, 2.45) is 0 Å². The van der Waals surface area contributed by atoms with Gasteiger partial charge in [-0.1, -0.05) is 6.07 Å². The van der Waals surface area contributed by atoms with Gasteiger partial charge in [0, 0.05) is 18.3 Å². The van der Waals surface area contributed by atoms with Crippen molar-refractivity contribution in [2.75, 3.05) is 72.1 Å². The molecule has 6 nitrogen and oxygen atoms in total. The Morgan fingerprint density at radius 3 is 2.29 bits per heavy atom. The molecule has 0 bridgehead atoms. The first kappa shape index (κ1) is 17.8. The van der Waals surface area contributed by atoms with Crippen LogP contribution in [-0.2, 0) is 11.2 Å². The van der Waals surface area contributed by atoms with Crippen LogP contribution >= 0.6 is 0 Å². The Kier molecular flexibility index (Phi) is 6.98. The fraction of sp³-hybridized carbons (Fsp3) is 0.722. The van der Waals surface area contributed by atoms with Crippen LogP contribution in [0.25, 0.3) is 0 Å². The Morgan fingerprint density at radius 2 is 1.62 bits per heavy atom. The molecule has 2 aliphatic heterocycles. The number of nitrogens with one attached hydrogen (secondary N) is 3. The number of piperazine rings is 1. The Morgan fingerprint density at radius 1 is 0.958 bits per heavy atom. The lowest BCUT2D eigenvalue weighted by Crippen LogP contribution is -3.29. The van der Waals surface area contributed by atoms with Gasteiger partial charge < -0.3 is 24.5 Å². The number of hydrogen-bond acceptors (Lipinski definition) is 3. The van der Waals surface area contributed by atoms with E-state index in [0.29, 0.717) is 0 Å². The van der Waals surface area contributed by atoms with Crippen LogP contribution in [0.4, 0.5) is 0 Å². The van der Waals surface area contributed by atoms with E-state index in [1.54, 1.807) is 9.80 Å². The second-order valence-electron chi connectivity index (χ2n) is 7.25. The van der Waals surface area contributed by atoms with Crippen molar-refractivity contribution in [2.45, 2.75) is 12.5 Å². The molecule has 0 radical (unpaired) electrons. The minimum absolute atomic E-state index is 0.178. The summed E-state index contributed by atoms with van der Waals surface area (Å²) in [6.45, 7) is 11.5. The van der Waals surface area contributed by atoms with Gasteiger partial charge >= 0.3 is 0 Å². The molecule has 1 aromatic rings.